The van der Waals surface area contributed by atoms with Crippen LogP contribution < -0.4 is 0 Å². The minimum atomic E-state index is 0.213. The third-order valence-electron chi connectivity index (χ3n) is 2.78. The smallest absolute Gasteiger partial charge is 0.133 e. The van der Waals surface area contributed by atoms with E-state index in [-0.39, 0.29) is 5.75 Å². The largest absolute Gasteiger partial charge is 0.506 e. The number of nitrogens with zero attached hydrogens (tertiary/aromatic N) is 2. The Morgan fingerprint density at radius 1 is 1.56 bits per heavy atom. The van der Waals surface area contributed by atoms with Gasteiger partial charge >= 0.3 is 0 Å². The molecular weight excluding hydrogens is 204 g/mol. The van der Waals surface area contributed by atoms with Gasteiger partial charge in [-0.2, -0.15) is 0 Å². The first-order valence-corrected chi connectivity index (χ1v) is 5.68. The van der Waals surface area contributed by atoms with E-state index in [1.807, 2.05) is 6.07 Å². The zero-order chi connectivity index (χ0) is 11.4. The monoisotopic (exact) mass is 222 g/mol. The van der Waals surface area contributed by atoms with Crippen molar-refractivity contribution in [3.8, 4) is 5.75 Å². The fraction of sp³-hybridized carbons (Fsp3) is 0.583. The summed E-state index contributed by atoms with van der Waals surface area (Å²) in [7, 11) is 2.07. The Morgan fingerprint density at radius 3 is 3.06 bits per heavy atom. The second-order valence-corrected chi connectivity index (χ2v) is 4.34. The van der Waals surface area contributed by atoms with Gasteiger partial charge in [0, 0.05) is 19.7 Å². The second kappa shape index (κ2) is 5.27. The molecule has 4 heteroatoms. The van der Waals surface area contributed by atoms with E-state index >= 15 is 0 Å². The molecular formula is C12H18N2O2. The highest BCUT2D eigenvalue weighted by Crippen LogP contribution is 2.14. The van der Waals surface area contributed by atoms with Crippen LogP contribution in [0.1, 0.15) is 18.5 Å². The van der Waals surface area contributed by atoms with Gasteiger partial charge in [0.05, 0.1) is 18.0 Å². The number of hydrogen-bond donors (Lipinski definition) is 1. The normalized spacial score (nSPS) is 20.5. The first kappa shape index (κ1) is 11.4. The summed E-state index contributed by atoms with van der Waals surface area (Å²) >= 11 is 0. The van der Waals surface area contributed by atoms with Gasteiger partial charge in [0.1, 0.15) is 5.75 Å². The number of aromatic hydroxyl groups is 1. The van der Waals surface area contributed by atoms with Crippen LogP contribution in [0.15, 0.2) is 18.3 Å². The molecule has 16 heavy (non-hydrogen) atoms. The summed E-state index contributed by atoms with van der Waals surface area (Å²) in [6.07, 6.45) is 4.19. The Hall–Kier alpha value is -1.13. The predicted molar refractivity (Wildman–Crippen MR) is 61.2 cm³/mol. The zero-order valence-electron chi connectivity index (χ0n) is 9.59. The van der Waals surface area contributed by atoms with Gasteiger partial charge in [0.2, 0.25) is 0 Å². The molecule has 1 aromatic heterocycles. The summed E-state index contributed by atoms with van der Waals surface area (Å²) in [5, 5.41) is 9.12. The Bertz CT molecular complexity index is 320. The molecule has 0 aromatic carbocycles. The van der Waals surface area contributed by atoms with Gasteiger partial charge in [0.15, 0.2) is 0 Å². The summed E-state index contributed by atoms with van der Waals surface area (Å²) in [6.45, 7) is 2.64. The molecule has 1 aliphatic heterocycles. The van der Waals surface area contributed by atoms with Crippen molar-refractivity contribution < 1.29 is 9.84 Å². The maximum Gasteiger partial charge on any atom is 0.133 e. The molecule has 1 fully saturated rings. The first-order valence-electron chi connectivity index (χ1n) is 5.68. The van der Waals surface area contributed by atoms with E-state index in [1.54, 1.807) is 6.07 Å². The minimum absolute atomic E-state index is 0.213. The molecule has 2 rings (SSSR count). The Labute approximate surface area is 95.9 Å². The second-order valence-electron chi connectivity index (χ2n) is 4.34. The number of aromatic nitrogens is 1. The lowest BCUT2D eigenvalue weighted by Gasteiger charge is -2.19. The number of likely N-dealkylation sites (N-methyl/N-ethyl adjacent to an activating group) is 1. The molecule has 1 aromatic rings. The van der Waals surface area contributed by atoms with Crippen molar-refractivity contribution >= 4 is 0 Å². The number of pyridine rings is 1. The molecule has 0 amide bonds. The lowest BCUT2D eigenvalue weighted by atomic mass is 10.2. The van der Waals surface area contributed by atoms with Crippen molar-refractivity contribution in [1.82, 2.24) is 9.88 Å². The van der Waals surface area contributed by atoms with Gasteiger partial charge in [0.25, 0.3) is 0 Å². The van der Waals surface area contributed by atoms with Crippen LogP contribution in [-0.2, 0) is 11.3 Å². The topological polar surface area (TPSA) is 45.6 Å². The lowest BCUT2D eigenvalue weighted by molar-refractivity contribution is 0.0790. The van der Waals surface area contributed by atoms with E-state index in [4.69, 9.17) is 9.84 Å². The fourth-order valence-electron chi connectivity index (χ4n) is 1.99. The van der Waals surface area contributed by atoms with E-state index in [0.717, 1.165) is 31.8 Å². The van der Waals surface area contributed by atoms with Crippen LogP contribution in [-0.4, -0.2) is 41.3 Å². The van der Waals surface area contributed by atoms with E-state index in [1.165, 1.54) is 12.6 Å². The summed E-state index contributed by atoms with van der Waals surface area (Å²) in [5.74, 6) is 0.213. The van der Waals surface area contributed by atoms with Crippen molar-refractivity contribution in [2.24, 2.45) is 0 Å². The minimum Gasteiger partial charge on any atom is -0.506 e. The average molecular weight is 222 g/mol. The zero-order valence-corrected chi connectivity index (χ0v) is 9.59. The van der Waals surface area contributed by atoms with E-state index in [2.05, 4.69) is 16.9 Å². The predicted octanol–water partition coefficient (Wildman–Crippen LogP) is 1.40. The number of hydrogen-bond acceptors (Lipinski definition) is 4. The molecule has 1 N–H and O–H groups in total. The SMILES string of the molecule is CN(Cc1ccc(O)cn1)CC1CCCO1. The summed E-state index contributed by atoms with van der Waals surface area (Å²) in [5.41, 5.74) is 0.971. The van der Waals surface area contributed by atoms with E-state index in [0.29, 0.717) is 6.10 Å². The van der Waals surface area contributed by atoms with E-state index < -0.39 is 0 Å². The summed E-state index contributed by atoms with van der Waals surface area (Å²) < 4.78 is 5.58. The Balaban J connectivity index is 1.81. The molecule has 4 nitrogen and oxygen atoms in total. The van der Waals surface area contributed by atoms with Crippen molar-refractivity contribution in [1.29, 1.82) is 0 Å². The third kappa shape index (κ3) is 3.18. The molecule has 2 heterocycles. The van der Waals surface area contributed by atoms with Crippen LogP contribution in [0.3, 0.4) is 0 Å². The summed E-state index contributed by atoms with van der Waals surface area (Å²) in [4.78, 5) is 6.36. The molecule has 0 aliphatic carbocycles. The highest BCUT2D eigenvalue weighted by Gasteiger charge is 2.17. The average Bonchev–Trinajstić information content (AvgIpc) is 2.74. The molecule has 88 valence electrons. The number of ether oxygens (including phenoxy) is 1. The van der Waals surface area contributed by atoms with Gasteiger partial charge in [-0.15, -0.1) is 0 Å². The highest BCUT2D eigenvalue weighted by atomic mass is 16.5. The molecule has 0 spiro atoms. The van der Waals surface area contributed by atoms with Crippen molar-refractivity contribution in [3.63, 3.8) is 0 Å². The van der Waals surface area contributed by atoms with Crippen LogP contribution in [0, 0.1) is 0 Å². The van der Waals surface area contributed by atoms with Gasteiger partial charge in [-0.25, -0.2) is 0 Å². The molecule has 0 radical (unpaired) electrons. The van der Waals surface area contributed by atoms with Gasteiger partial charge < -0.3 is 9.84 Å². The maximum absolute atomic E-state index is 9.12. The maximum atomic E-state index is 9.12. The molecule has 0 bridgehead atoms. The van der Waals surface area contributed by atoms with Gasteiger partial charge in [-0.1, -0.05) is 0 Å². The first-order chi connectivity index (χ1) is 7.74. The third-order valence-corrected chi connectivity index (χ3v) is 2.78. The van der Waals surface area contributed by atoms with Crippen molar-refractivity contribution in [3.05, 3.63) is 24.0 Å². The Kier molecular flexibility index (Phi) is 3.74. The fourth-order valence-corrected chi connectivity index (χ4v) is 1.99. The molecule has 1 unspecified atom stereocenters. The quantitative estimate of drug-likeness (QED) is 0.836. The van der Waals surface area contributed by atoms with Crippen LogP contribution in [0.4, 0.5) is 0 Å². The van der Waals surface area contributed by atoms with Crippen molar-refractivity contribution in [2.75, 3.05) is 20.2 Å². The molecule has 1 atom stereocenters. The molecule has 1 aliphatic rings. The van der Waals surface area contributed by atoms with Crippen LogP contribution in [0.2, 0.25) is 0 Å². The highest BCUT2D eigenvalue weighted by molar-refractivity contribution is 5.17. The van der Waals surface area contributed by atoms with Crippen LogP contribution in [0.5, 0.6) is 5.75 Å². The van der Waals surface area contributed by atoms with Gasteiger partial charge in [-0.05, 0) is 32.0 Å². The van der Waals surface area contributed by atoms with E-state index in [9.17, 15) is 0 Å². The lowest BCUT2D eigenvalue weighted by Crippen LogP contribution is -2.28. The standard InChI is InChI=1S/C12H18N2O2/c1-14(9-12-3-2-6-16-12)8-10-4-5-11(15)7-13-10/h4-5,7,12,15H,2-3,6,8-9H2,1H3. The van der Waals surface area contributed by atoms with Crippen LogP contribution in [0.25, 0.3) is 0 Å². The Morgan fingerprint density at radius 2 is 2.44 bits per heavy atom. The van der Waals surface area contributed by atoms with Crippen molar-refractivity contribution in [2.45, 2.75) is 25.5 Å². The molecule has 1 saturated heterocycles. The van der Waals surface area contributed by atoms with Gasteiger partial charge in [-0.3, -0.25) is 9.88 Å². The molecule has 0 saturated carbocycles. The van der Waals surface area contributed by atoms with Crippen LogP contribution >= 0.6 is 0 Å². The summed E-state index contributed by atoms with van der Waals surface area (Å²) in [6, 6.07) is 3.52. The number of rotatable bonds is 4.